The van der Waals surface area contributed by atoms with Crippen molar-refractivity contribution in [2.24, 2.45) is 0 Å². The Hall–Kier alpha value is -3.09. The van der Waals surface area contributed by atoms with Crippen LogP contribution in [0.15, 0.2) is 60.7 Å². The quantitative estimate of drug-likeness (QED) is 0.492. The van der Waals surface area contributed by atoms with Gasteiger partial charge in [-0.15, -0.1) is 0 Å². The number of para-hydroxylation sites is 1. The number of nitrogens with one attached hydrogen (secondary N) is 2. The highest BCUT2D eigenvalue weighted by atomic mass is 19.4. The van der Waals surface area contributed by atoms with Crippen molar-refractivity contribution in [1.29, 1.82) is 5.41 Å². The van der Waals surface area contributed by atoms with E-state index < -0.39 is 17.8 Å². The molecule has 0 fully saturated rings. The maximum absolute atomic E-state index is 12.6. The van der Waals surface area contributed by atoms with Crippen LogP contribution in [0.1, 0.15) is 34.8 Å². The van der Waals surface area contributed by atoms with Gasteiger partial charge < -0.3 is 15.5 Å². The molecule has 0 radical (unpaired) electrons. The molecule has 2 N–H and O–H groups in total. The molecular weight excluding hydrogens is 369 g/mol. The lowest BCUT2D eigenvalue weighted by atomic mass is 10.1. The summed E-state index contributed by atoms with van der Waals surface area (Å²) in [5.41, 5.74) is 0.116. The summed E-state index contributed by atoms with van der Waals surface area (Å²) in [7, 11) is 0. The number of hydrogen-bond acceptors (Lipinski definition) is 3. The maximum Gasteiger partial charge on any atom is 0.416 e. The molecule has 28 heavy (non-hydrogen) atoms. The van der Waals surface area contributed by atoms with Crippen molar-refractivity contribution in [3.8, 4) is 5.75 Å². The fourth-order valence-electron chi connectivity index (χ4n) is 2.43. The van der Waals surface area contributed by atoms with Crippen LogP contribution in [-0.4, -0.2) is 18.2 Å². The SMILES string of the molecule is C/C=C\CC(C=N)NC(=O)c1ccccc1OCc1ccc(C(F)(F)F)cc1. The summed E-state index contributed by atoms with van der Waals surface area (Å²) in [6, 6.07) is 10.8. The highest BCUT2D eigenvalue weighted by Gasteiger charge is 2.29. The van der Waals surface area contributed by atoms with Crippen molar-refractivity contribution in [1.82, 2.24) is 5.32 Å². The van der Waals surface area contributed by atoms with Crippen LogP contribution in [0, 0.1) is 5.41 Å². The van der Waals surface area contributed by atoms with Gasteiger partial charge in [-0.25, -0.2) is 0 Å². The molecule has 148 valence electrons. The topological polar surface area (TPSA) is 62.2 Å². The summed E-state index contributed by atoms with van der Waals surface area (Å²) in [5.74, 6) is -0.0734. The molecule has 1 atom stereocenters. The number of carbonyl (C=O) groups excluding carboxylic acids is 1. The number of carbonyl (C=O) groups is 1. The number of amides is 1. The van der Waals surface area contributed by atoms with E-state index >= 15 is 0 Å². The van der Waals surface area contributed by atoms with Crippen LogP contribution in [-0.2, 0) is 12.8 Å². The number of rotatable bonds is 8. The fourth-order valence-corrected chi connectivity index (χ4v) is 2.43. The molecular formula is C21H21F3N2O2. The molecule has 0 aliphatic heterocycles. The van der Waals surface area contributed by atoms with Crippen molar-refractivity contribution >= 4 is 12.1 Å². The third-order valence-electron chi connectivity index (χ3n) is 3.95. The van der Waals surface area contributed by atoms with Gasteiger partial charge in [0.1, 0.15) is 12.4 Å². The summed E-state index contributed by atoms with van der Waals surface area (Å²) >= 11 is 0. The molecule has 0 saturated heterocycles. The Morgan fingerprint density at radius 3 is 2.46 bits per heavy atom. The van der Waals surface area contributed by atoms with Crippen molar-refractivity contribution < 1.29 is 22.7 Å². The average Bonchev–Trinajstić information content (AvgIpc) is 2.69. The molecule has 0 aliphatic carbocycles. The molecule has 7 heteroatoms. The summed E-state index contributed by atoms with van der Waals surface area (Å²) < 4.78 is 43.5. The van der Waals surface area contributed by atoms with Gasteiger partial charge in [-0.3, -0.25) is 4.79 Å². The van der Waals surface area contributed by atoms with E-state index in [1.807, 2.05) is 19.1 Å². The first-order valence-corrected chi connectivity index (χ1v) is 8.65. The van der Waals surface area contributed by atoms with Gasteiger partial charge in [0.05, 0.1) is 17.2 Å². The summed E-state index contributed by atoms with van der Waals surface area (Å²) in [6.07, 6.45) is 0.957. The van der Waals surface area contributed by atoms with Gasteiger partial charge in [-0.05, 0) is 43.2 Å². The first kappa shape index (κ1) is 21.2. The van der Waals surface area contributed by atoms with E-state index in [0.717, 1.165) is 18.3 Å². The average molecular weight is 390 g/mol. The normalized spacial score (nSPS) is 12.6. The van der Waals surface area contributed by atoms with E-state index in [1.54, 1.807) is 24.3 Å². The zero-order chi connectivity index (χ0) is 20.6. The lowest BCUT2D eigenvalue weighted by molar-refractivity contribution is -0.137. The minimum Gasteiger partial charge on any atom is -0.488 e. The lowest BCUT2D eigenvalue weighted by Crippen LogP contribution is -2.35. The van der Waals surface area contributed by atoms with Crippen LogP contribution in [0.4, 0.5) is 13.2 Å². The smallest absolute Gasteiger partial charge is 0.416 e. The highest BCUT2D eigenvalue weighted by Crippen LogP contribution is 2.29. The minimum atomic E-state index is -4.39. The number of benzene rings is 2. The van der Waals surface area contributed by atoms with Crippen LogP contribution in [0.2, 0.25) is 0 Å². The third-order valence-corrected chi connectivity index (χ3v) is 3.95. The molecule has 1 unspecified atom stereocenters. The van der Waals surface area contributed by atoms with Gasteiger partial charge >= 0.3 is 6.18 Å². The van der Waals surface area contributed by atoms with E-state index in [2.05, 4.69) is 5.32 Å². The zero-order valence-corrected chi connectivity index (χ0v) is 15.3. The van der Waals surface area contributed by atoms with Crippen LogP contribution < -0.4 is 10.1 Å². The Morgan fingerprint density at radius 1 is 1.18 bits per heavy atom. The number of ether oxygens (including phenoxy) is 1. The first-order valence-electron chi connectivity index (χ1n) is 8.65. The molecule has 0 bridgehead atoms. The molecule has 0 spiro atoms. The van der Waals surface area contributed by atoms with Crippen LogP contribution in [0.25, 0.3) is 0 Å². The molecule has 0 aliphatic rings. The second kappa shape index (κ2) is 9.73. The number of hydrogen-bond donors (Lipinski definition) is 2. The summed E-state index contributed by atoms with van der Waals surface area (Å²) in [6.45, 7) is 1.88. The molecule has 0 aromatic heterocycles. The Labute approximate surface area is 161 Å². The number of halogens is 3. The monoisotopic (exact) mass is 390 g/mol. The minimum absolute atomic E-state index is 0.0228. The van der Waals surface area contributed by atoms with Crippen LogP contribution in [0.3, 0.4) is 0 Å². The molecule has 2 aromatic rings. The Bertz CT molecular complexity index is 830. The highest BCUT2D eigenvalue weighted by molar-refractivity contribution is 5.98. The Kier molecular flexibility index (Phi) is 7.37. The number of alkyl halides is 3. The van der Waals surface area contributed by atoms with Crippen LogP contribution in [0.5, 0.6) is 5.75 Å². The molecule has 4 nitrogen and oxygen atoms in total. The van der Waals surface area contributed by atoms with Crippen molar-refractivity contribution in [3.63, 3.8) is 0 Å². The molecule has 1 amide bonds. The van der Waals surface area contributed by atoms with Gasteiger partial charge in [0.25, 0.3) is 5.91 Å². The Morgan fingerprint density at radius 2 is 1.86 bits per heavy atom. The van der Waals surface area contributed by atoms with E-state index in [9.17, 15) is 18.0 Å². The summed E-state index contributed by atoms with van der Waals surface area (Å²) in [4.78, 5) is 12.5. The largest absolute Gasteiger partial charge is 0.488 e. The van der Waals surface area contributed by atoms with E-state index in [0.29, 0.717) is 23.3 Å². The molecule has 0 saturated carbocycles. The lowest BCUT2D eigenvalue weighted by Gasteiger charge is -2.15. The van der Waals surface area contributed by atoms with Crippen molar-refractivity contribution in [2.75, 3.05) is 0 Å². The third kappa shape index (κ3) is 5.97. The van der Waals surface area contributed by atoms with E-state index in [4.69, 9.17) is 10.1 Å². The first-order chi connectivity index (χ1) is 13.3. The maximum atomic E-state index is 12.6. The van der Waals surface area contributed by atoms with Gasteiger partial charge in [-0.2, -0.15) is 13.2 Å². The second-order valence-corrected chi connectivity index (χ2v) is 6.03. The van der Waals surface area contributed by atoms with Crippen LogP contribution >= 0.6 is 0 Å². The summed E-state index contributed by atoms with van der Waals surface area (Å²) in [5, 5.41) is 10.2. The van der Waals surface area contributed by atoms with E-state index in [-0.39, 0.29) is 12.5 Å². The Balaban J connectivity index is 2.07. The number of allylic oxidation sites excluding steroid dienone is 1. The fraction of sp³-hybridized carbons (Fsp3) is 0.238. The second-order valence-electron chi connectivity index (χ2n) is 6.03. The van der Waals surface area contributed by atoms with Gasteiger partial charge in [0.15, 0.2) is 0 Å². The van der Waals surface area contributed by atoms with Gasteiger partial charge in [-0.1, -0.05) is 36.4 Å². The van der Waals surface area contributed by atoms with Gasteiger partial charge in [0.2, 0.25) is 0 Å². The van der Waals surface area contributed by atoms with Crippen molar-refractivity contribution in [3.05, 3.63) is 77.4 Å². The predicted molar refractivity (Wildman–Crippen MR) is 102 cm³/mol. The standard InChI is InChI=1S/C21H21F3N2O2/c1-2-3-6-17(13-25)26-20(27)18-7-4-5-8-19(18)28-14-15-9-11-16(12-10-15)21(22,23)24/h2-5,7-13,17,25H,6,14H2,1H3,(H,26,27)/b3-2-,25-13?. The molecule has 0 heterocycles. The molecule has 2 rings (SSSR count). The zero-order valence-electron chi connectivity index (χ0n) is 15.3. The van der Waals surface area contributed by atoms with Crippen molar-refractivity contribution in [2.45, 2.75) is 32.2 Å². The molecule has 2 aromatic carbocycles. The van der Waals surface area contributed by atoms with Gasteiger partial charge in [0, 0.05) is 6.21 Å². The van der Waals surface area contributed by atoms with E-state index in [1.165, 1.54) is 12.1 Å². The predicted octanol–water partition coefficient (Wildman–Crippen LogP) is 5.00.